The lowest BCUT2D eigenvalue weighted by molar-refractivity contribution is -0.133. The van der Waals surface area contributed by atoms with Crippen LogP contribution in [0.1, 0.15) is 58.6 Å². The van der Waals surface area contributed by atoms with E-state index in [1.54, 1.807) is 30.5 Å². The Morgan fingerprint density at radius 3 is 1.98 bits per heavy atom. The highest BCUT2D eigenvalue weighted by molar-refractivity contribution is 5.89. The maximum absolute atomic E-state index is 14.1. The average molecular weight is 780 g/mol. The topological polar surface area (TPSA) is 168 Å². The highest BCUT2D eigenvalue weighted by Crippen LogP contribution is 2.23. The van der Waals surface area contributed by atoms with Crippen LogP contribution in [0.25, 0.3) is 11.3 Å². The Balaban J connectivity index is 1.55. The maximum Gasteiger partial charge on any atom is 0.406 e. The molecule has 1 aromatic heterocycles. The van der Waals surface area contributed by atoms with Crippen molar-refractivity contribution in [3.05, 3.63) is 120 Å². The molecule has 12 nitrogen and oxygen atoms in total. The van der Waals surface area contributed by atoms with Crippen LogP contribution < -0.4 is 26.0 Å². The second-order valence-electron chi connectivity index (χ2n) is 16.1. The molecule has 4 rings (SSSR count). The molecule has 0 aliphatic heterocycles. The van der Waals surface area contributed by atoms with E-state index in [2.05, 4.69) is 26.3 Å². The number of hydrogen-bond acceptors (Lipinski definition) is 8. The van der Waals surface area contributed by atoms with Gasteiger partial charge in [0.25, 0.3) is 5.91 Å². The van der Waals surface area contributed by atoms with E-state index in [1.165, 1.54) is 7.11 Å². The second kappa shape index (κ2) is 21.0. The summed E-state index contributed by atoms with van der Waals surface area (Å²) in [5.41, 5.74) is 2.30. The normalized spacial score (nSPS) is 13.6. The van der Waals surface area contributed by atoms with Gasteiger partial charge in [-0.3, -0.25) is 19.4 Å². The van der Waals surface area contributed by atoms with Crippen LogP contribution in [0, 0.1) is 10.8 Å². The molecule has 3 aromatic carbocycles. The van der Waals surface area contributed by atoms with Crippen LogP contribution in [0.4, 0.5) is 4.79 Å². The third kappa shape index (κ3) is 15.0. The molecule has 0 spiro atoms. The van der Waals surface area contributed by atoms with E-state index < -0.39 is 53.0 Å². The predicted molar refractivity (Wildman–Crippen MR) is 220 cm³/mol. The molecule has 0 bridgehead atoms. The smallest absolute Gasteiger partial charge is 0.406 e. The van der Waals surface area contributed by atoms with Crippen LogP contribution in [0.5, 0.6) is 5.75 Å². The fourth-order valence-electron chi connectivity index (χ4n) is 6.40. The molecule has 4 atom stereocenters. The van der Waals surface area contributed by atoms with Gasteiger partial charge in [0, 0.05) is 30.8 Å². The van der Waals surface area contributed by atoms with Crippen molar-refractivity contribution in [2.45, 2.75) is 84.5 Å². The minimum absolute atomic E-state index is 0.0906. The Labute approximate surface area is 336 Å². The summed E-state index contributed by atoms with van der Waals surface area (Å²) in [6, 6.07) is 29.8. The van der Waals surface area contributed by atoms with Crippen molar-refractivity contribution in [2.24, 2.45) is 10.8 Å². The summed E-state index contributed by atoms with van der Waals surface area (Å²) in [6.45, 7) is 9.23. The summed E-state index contributed by atoms with van der Waals surface area (Å²) in [4.78, 5) is 57.0. The number of carbonyl (C=O) groups is 4. The lowest BCUT2D eigenvalue weighted by atomic mass is 9.85. The van der Waals surface area contributed by atoms with E-state index >= 15 is 0 Å². The van der Waals surface area contributed by atoms with Gasteiger partial charge in [0.15, 0.2) is 6.61 Å². The first kappa shape index (κ1) is 44.0. The highest BCUT2D eigenvalue weighted by Gasteiger charge is 2.36. The van der Waals surface area contributed by atoms with Crippen molar-refractivity contribution in [3.8, 4) is 17.0 Å². The van der Waals surface area contributed by atoms with Crippen molar-refractivity contribution in [3.63, 3.8) is 0 Å². The van der Waals surface area contributed by atoms with Gasteiger partial charge >= 0.3 is 6.09 Å². The molecule has 57 heavy (non-hydrogen) atoms. The molecule has 0 radical (unpaired) electrons. The number of nitrogens with one attached hydrogen (secondary N) is 4. The largest absolute Gasteiger partial charge is 0.484 e. The Morgan fingerprint density at radius 1 is 0.737 bits per heavy atom. The zero-order valence-corrected chi connectivity index (χ0v) is 33.8. The van der Waals surface area contributed by atoms with Crippen LogP contribution in [0.2, 0.25) is 0 Å². The fraction of sp³-hybridized carbons (Fsp3) is 0.400. The first-order valence-electron chi connectivity index (χ1n) is 19.2. The van der Waals surface area contributed by atoms with E-state index in [0.29, 0.717) is 18.6 Å². The fourth-order valence-corrected chi connectivity index (χ4v) is 6.40. The third-order valence-electron chi connectivity index (χ3n) is 9.46. The predicted octanol–water partition coefficient (Wildman–Crippen LogP) is 5.64. The number of hydrogen-bond donors (Lipinski definition) is 5. The number of methoxy groups -OCH3 is 1. The Morgan fingerprint density at radius 2 is 1.37 bits per heavy atom. The standard InChI is InChI=1S/C45H57N5O7/c1-44(2,3)41(50-40(53)29-57-35-17-11-8-12-18-35)42(54)49-37(26-31-15-9-7-10-16-31)38(51)27-34(48-39(52)28-45(4,5)30-47-43(55)56-6)25-32-20-22-33(23-21-32)36-19-13-14-24-46-36/h7-24,34,37-38,41,51H,25-30H2,1-6H3,(H,47,55)(H,48,52)(H,49,54)(H,50,53). The molecular formula is C45H57N5O7. The first-order valence-corrected chi connectivity index (χ1v) is 19.2. The van der Waals surface area contributed by atoms with E-state index in [9.17, 15) is 24.3 Å². The molecule has 0 saturated carbocycles. The third-order valence-corrected chi connectivity index (χ3v) is 9.46. The number of amides is 4. The second-order valence-corrected chi connectivity index (χ2v) is 16.1. The van der Waals surface area contributed by atoms with E-state index in [1.807, 2.05) is 113 Å². The van der Waals surface area contributed by atoms with Gasteiger partial charge in [-0.1, -0.05) is 113 Å². The molecule has 0 aliphatic rings. The van der Waals surface area contributed by atoms with Crippen molar-refractivity contribution in [1.29, 1.82) is 0 Å². The molecule has 5 N–H and O–H groups in total. The van der Waals surface area contributed by atoms with Gasteiger partial charge in [-0.25, -0.2) is 4.79 Å². The lowest BCUT2D eigenvalue weighted by Gasteiger charge is -2.34. The van der Waals surface area contributed by atoms with Gasteiger partial charge in [-0.05, 0) is 65.5 Å². The monoisotopic (exact) mass is 779 g/mol. The summed E-state index contributed by atoms with van der Waals surface area (Å²) >= 11 is 0. The van der Waals surface area contributed by atoms with Crippen LogP contribution in [-0.2, 0) is 32.0 Å². The van der Waals surface area contributed by atoms with Crippen LogP contribution in [0.15, 0.2) is 109 Å². The Hall–Kier alpha value is -5.75. The van der Waals surface area contributed by atoms with Gasteiger partial charge in [0.05, 0.1) is 24.9 Å². The molecule has 12 heteroatoms. The zero-order chi connectivity index (χ0) is 41.4. The molecule has 0 fully saturated rings. The van der Waals surface area contributed by atoms with Gasteiger partial charge < -0.3 is 35.8 Å². The summed E-state index contributed by atoms with van der Waals surface area (Å²) in [5, 5.41) is 23.7. The summed E-state index contributed by atoms with van der Waals surface area (Å²) in [5.74, 6) is -0.648. The van der Waals surface area contributed by atoms with Crippen LogP contribution >= 0.6 is 0 Å². The number of rotatable bonds is 19. The number of carbonyl (C=O) groups excluding carboxylic acids is 4. The minimum Gasteiger partial charge on any atom is -0.484 e. The number of para-hydroxylation sites is 1. The van der Waals surface area contributed by atoms with Gasteiger partial charge in [0.1, 0.15) is 11.8 Å². The average Bonchev–Trinajstić information content (AvgIpc) is 3.18. The molecule has 0 aliphatic carbocycles. The number of nitrogens with zero attached hydrogens (tertiary/aromatic N) is 1. The quantitative estimate of drug-likeness (QED) is 0.0816. The summed E-state index contributed by atoms with van der Waals surface area (Å²) < 4.78 is 10.3. The number of aliphatic hydroxyl groups is 1. The number of aromatic nitrogens is 1. The van der Waals surface area contributed by atoms with Crippen molar-refractivity contribution < 1.29 is 33.8 Å². The zero-order valence-electron chi connectivity index (χ0n) is 33.8. The van der Waals surface area contributed by atoms with Crippen LogP contribution in [0.3, 0.4) is 0 Å². The molecule has 4 unspecified atom stereocenters. The molecule has 304 valence electrons. The van der Waals surface area contributed by atoms with Gasteiger partial charge in [-0.15, -0.1) is 0 Å². The molecular weight excluding hydrogens is 723 g/mol. The van der Waals surface area contributed by atoms with Crippen molar-refractivity contribution in [1.82, 2.24) is 26.3 Å². The molecule has 0 saturated heterocycles. The van der Waals surface area contributed by atoms with E-state index in [0.717, 1.165) is 22.4 Å². The summed E-state index contributed by atoms with van der Waals surface area (Å²) in [7, 11) is 1.28. The molecule has 1 heterocycles. The number of alkyl carbamates (subject to hydrolysis) is 1. The maximum atomic E-state index is 14.1. The van der Waals surface area contributed by atoms with E-state index in [4.69, 9.17) is 9.47 Å². The molecule has 4 aromatic rings. The van der Waals surface area contributed by atoms with E-state index in [-0.39, 0.29) is 31.9 Å². The summed E-state index contributed by atoms with van der Waals surface area (Å²) in [6.07, 6.45) is 0.915. The number of benzene rings is 3. The van der Waals surface area contributed by atoms with Crippen molar-refractivity contribution >= 4 is 23.8 Å². The SMILES string of the molecule is COC(=O)NCC(C)(C)CC(=O)NC(Cc1ccc(-c2ccccn2)cc1)CC(O)C(Cc1ccccc1)NC(=O)C(NC(=O)COc1ccccc1)C(C)(C)C. The van der Waals surface area contributed by atoms with Crippen LogP contribution in [-0.4, -0.2) is 78.4 Å². The minimum atomic E-state index is -1.11. The number of pyridine rings is 1. The van der Waals surface area contributed by atoms with Gasteiger partial charge in [0.2, 0.25) is 11.8 Å². The highest BCUT2D eigenvalue weighted by atomic mass is 16.5. The number of ether oxygens (including phenoxy) is 2. The van der Waals surface area contributed by atoms with Crippen molar-refractivity contribution in [2.75, 3.05) is 20.3 Å². The Kier molecular flexibility index (Phi) is 16.2. The lowest BCUT2D eigenvalue weighted by Crippen LogP contribution is -2.58. The van der Waals surface area contributed by atoms with Gasteiger partial charge in [-0.2, -0.15) is 0 Å². The molecule has 4 amide bonds. The number of aliphatic hydroxyl groups excluding tert-OH is 1. The first-order chi connectivity index (χ1) is 27.1. The Bertz CT molecular complexity index is 1870.